The first kappa shape index (κ1) is 9.93. The maximum Gasteiger partial charge on any atom is 0.153 e. The third kappa shape index (κ3) is 2.25. The largest absolute Gasteiger partial charge is 0.298 e. The van der Waals surface area contributed by atoms with Crippen LogP contribution in [0.15, 0.2) is 36.7 Å². The lowest BCUT2D eigenvalue weighted by molar-refractivity contribution is 0.112. The highest BCUT2D eigenvalue weighted by Crippen LogP contribution is 2.15. The van der Waals surface area contributed by atoms with Crippen molar-refractivity contribution in [2.24, 2.45) is 0 Å². The molecule has 0 N–H and O–H groups in total. The first-order valence-corrected chi connectivity index (χ1v) is 4.88. The van der Waals surface area contributed by atoms with Crippen LogP contribution in [0.2, 0.25) is 5.02 Å². The predicted molar refractivity (Wildman–Crippen MR) is 58.2 cm³/mol. The molecule has 0 aliphatic heterocycles. The molecule has 0 spiro atoms. The number of nitrogens with zero attached hydrogens (tertiary/aromatic N) is 2. The van der Waals surface area contributed by atoms with Crippen LogP contribution >= 0.6 is 11.6 Å². The van der Waals surface area contributed by atoms with E-state index in [0.29, 0.717) is 17.1 Å². The highest BCUT2D eigenvalue weighted by atomic mass is 35.5. The van der Waals surface area contributed by atoms with Crippen LogP contribution in [0.25, 0.3) is 0 Å². The Labute approximate surface area is 92.3 Å². The Morgan fingerprint density at radius 2 is 2.20 bits per heavy atom. The van der Waals surface area contributed by atoms with Crippen LogP contribution < -0.4 is 0 Å². The van der Waals surface area contributed by atoms with Crippen molar-refractivity contribution >= 4 is 17.9 Å². The van der Waals surface area contributed by atoms with Crippen molar-refractivity contribution < 1.29 is 4.79 Å². The minimum atomic E-state index is 0.571. The second-order valence-corrected chi connectivity index (χ2v) is 3.59. The van der Waals surface area contributed by atoms with E-state index in [2.05, 4.69) is 5.10 Å². The van der Waals surface area contributed by atoms with Gasteiger partial charge in [-0.1, -0.05) is 29.8 Å². The van der Waals surface area contributed by atoms with Crippen LogP contribution in [0.3, 0.4) is 0 Å². The van der Waals surface area contributed by atoms with Crippen molar-refractivity contribution in [1.29, 1.82) is 0 Å². The van der Waals surface area contributed by atoms with Crippen LogP contribution in [-0.2, 0) is 6.54 Å². The number of aldehydes is 1. The zero-order valence-electron chi connectivity index (χ0n) is 7.93. The Kier molecular flexibility index (Phi) is 2.83. The molecule has 0 aliphatic rings. The molecule has 0 unspecified atom stereocenters. The summed E-state index contributed by atoms with van der Waals surface area (Å²) < 4.78 is 1.69. The fourth-order valence-corrected chi connectivity index (χ4v) is 1.52. The molecule has 0 radical (unpaired) electrons. The number of aromatic nitrogens is 2. The molecule has 2 rings (SSSR count). The first-order chi connectivity index (χ1) is 7.29. The Morgan fingerprint density at radius 3 is 2.87 bits per heavy atom. The van der Waals surface area contributed by atoms with E-state index >= 15 is 0 Å². The molecule has 0 atom stereocenters. The molecule has 0 saturated heterocycles. The van der Waals surface area contributed by atoms with Gasteiger partial charge in [-0.15, -0.1) is 0 Å². The van der Waals surface area contributed by atoms with E-state index in [-0.39, 0.29) is 0 Å². The van der Waals surface area contributed by atoms with Crippen molar-refractivity contribution in [3.63, 3.8) is 0 Å². The Balaban J connectivity index is 2.22. The molecule has 0 saturated carbocycles. The van der Waals surface area contributed by atoms with Gasteiger partial charge >= 0.3 is 0 Å². The van der Waals surface area contributed by atoms with Crippen molar-refractivity contribution in [1.82, 2.24) is 9.78 Å². The Morgan fingerprint density at radius 1 is 1.40 bits per heavy atom. The second-order valence-electron chi connectivity index (χ2n) is 3.18. The van der Waals surface area contributed by atoms with Gasteiger partial charge in [0.05, 0.1) is 18.3 Å². The molecule has 0 aliphatic carbocycles. The molecule has 1 heterocycles. The van der Waals surface area contributed by atoms with Crippen molar-refractivity contribution in [2.75, 3.05) is 0 Å². The molecule has 3 nitrogen and oxygen atoms in total. The summed E-state index contributed by atoms with van der Waals surface area (Å²) in [6.07, 6.45) is 4.00. The summed E-state index contributed by atoms with van der Waals surface area (Å²) in [6, 6.07) is 7.57. The minimum absolute atomic E-state index is 0.571. The molecule has 1 aromatic heterocycles. The summed E-state index contributed by atoms with van der Waals surface area (Å²) in [7, 11) is 0. The van der Waals surface area contributed by atoms with E-state index in [1.54, 1.807) is 10.9 Å². The molecule has 2 aromatic rings. The Hall–Kier alpha value is -1.61. The molecule has 1 aromatic carbocycles. The van der Waals surface area contributed by atoms with E-state index in [9.17, 15) is 4.79 Å². The Bertz CT molecular complexity index is 479. The third-order valence-electron chi connectivity index (χ3n) is 2.08. The molecule has 15 heavy (non-hydrogen) atoms. The number of halogens is 1. The summed E-state index contributed by atoms with van der Waals surface area (Å²) >= 11 is 6.00. The highest BCUT2D eigenvalue weighted by Gasteiger charge is 2.01. The lowest BCUT2D eigenvalue weighted by Crippen LogP contribution is -2.00. The summed E-state index contributed by atoms with van der Waals surface area (Å²) in [5.41, 5.74) is 1.56. The van der Waals surface area contributed by atoms with E-state index in [1.165, 1.54) is 6.20 Å². The average Bonchev–Trinajstić information content (AvgIpc) is 2.69. The summed E-state index contributed by atoms with van der Waals surface area (Å²) in [4.78, 5) is 10.5. The van der Waals surface area contributed by atoms with E-state index in [0.717, 1.165) is 11.8 Å². The topological polar surface area (TPSA) is 34.9 Å². The molecule has 76 valence electrons. The predicted octanol–water partition coefficient (Wildman–Crippen LogP) is 2.40. The van der Waals surface area contributed by atoms with Gasteiger partial charge in [0.15, 0.2) is 6.29 Å². The van der Waals surface area contributed by atoms with Crippen LogP contribution in [0.5, 0.6) is 0 Å². The van der Waals surface area contributed by atoms with Crippen molar-refractivity contribution in [3.05, 3.63) is 52.8 Å². The molecule has 0 fully saturated rings. The highest BCUT2D eigenvalue weighted by molar-refractivity contribution is 6.31. The number of benzene rings is 1. The van der Waals surface area contributed by atoms with Gasteiger partial charge in [0.2, 0.25) is 0 Å². The van der Waals surface area contributed by atoms with Gasteiger partial charge < -0.3 is 0 Å². The molecular formula is C11H9ClN2O. The van der Waals surface area contributed by atoms with Gasteiger partial charge in [-0.2, -0.15) is 5.10 Å². The SMILES string of the molecule is O=Cc1cnn(Cc2ccccc2Cl)c1. The summed E-state index contributed by atoms with van der Waals surface area (Å²) in [5.74, 6) is 0. The maximum absolute atomic E-state index is 10.5. The molecule has 4 heteroatoms. The first-order valence-electron chi connectivity index (χ1n) is 4.50. The summed E-state index contributed by atoms with van der Waals surface area (Å²) in [5, 5.41) is 4.76. The standard InChI is InChI=1S/C11H9ClN2O/c12-11-4-2-1-3-10(11)7-14-6-9(8-15)5-13-14/h1-6,8H,7H2. The van der Waals surface area contributed by atoms with Gasteiger partial charge in [-0.05, 0) is 11.6 Å². The lowest BCUT2D eigenvalue weighted by atomic mass is 10.2. The fraction of sp³-hybridized carbons (Fsp3) is 0.0909. The lowest BCUT2D eigenvalue weighted by Gasteiger charge is -2.03. The zero-order valence-corrected chi connectivity index (χ0v) is 8.69. The number of hydrogen-bond donors (Lipinski definition) is 0. The number of carbonyl (C=O) groups excluding carboxylic acids is 1. The molecule has 0 bridgehead atoms. The van der Waals surface area contributed by atoms with Crippen molar-refractivity contribution in [2.45, 2.75) is 6.54 Å². The van der Waals surface area contributed by atoms with Gasteiger partial charge in [-0.3, -0.25) is 9.48 Å². The number of carbonyl (C=O) groups is 1. The van der Waals surface area contributed by atoms with Gasteiger partial charge in [0.25, 0.3) is 0 Å². The third-order valence-corrected chi connectivity index (χ3v) is 2.45. The van der Waals surface area contributed by atoms with Crippen LogP contribution in [0, 0.1) is 0 Å². The average molecular weight is 221 g/mol. The quantitative estimate of drug-likeness (QED) is 0.745. The minimum Gasteiger partial charge on any atom is -0.298 e. The van der Waals surface area contributed by atoms with Gasteiger partial charge in [0, 0.05) is 11.2 Å². The summed E-state index contributed by atoms with van der Waals surface area (Å²) in [6.45, 7) is 0.577. The van der Waals surface area contributed by atoms with Crippen molar-refractivity contribution in [3.8, 4) is 0 Å². The van der Waals surface area contributed by atoms with E-state index in [4.69, 9.17) is 11.6 Å². The molecular weight excluding hydrogens is 212 g/mol. The maximum atomic E-state index is 10.5. The monoisotopic (exact) mass is 220 g/mol. The second kappa shape index (κ2) is 4.28. The number of hydrogen-bond acceptors (Lipinski definition) is 2. The van der Waals surface area contributed by atoms with Crippen LogP contribution in [0.4, 0.5) is 0 Å². The number of rotatable bonds is 3. The smallest absolute Gasteiger partial charge is 0.153 e. The van der Waals surface area contributed by atoms with E-state index < -0.39 is 0 Å². The normalized spacial score (nSPS) is 10.2. The van der Waals surface area contributed by atoms with Gasteiger partial charge in [-0.25, -0.2) is 0 Å². The molecule has 0 amide bonds. The van der Waals surface area contributed by atoms with Crippen LogP contribution in [-0.4, -0.2) is 16.1 Å². The van der Waals surface area contributed by atoms with E-state index in [1.807, 2.05) is 24.3 Å². The van der Waals surface area contributed by atoms with Crippen LogP contribution in [0.1, 0.15) is 15.9 Å². The zero-order chi connectivity index (χ0) is 10.7. The fourth-order valence-electron chi connectivity index (χ4n) is 1.33. The van der Waals surface area contributed by atoms with Gasteiger partial charge in [0.1, 0.15) is 0 Å².